The molecule has 3 amide bonds. The molecule has 2 bridgehead atoms. The predicted molar refractivity (Wildman–Crippen MR) is 138 cm³/mol. The van der Waals surface area contributed by atoms with Gasteiger partial charge < -0.3 is 20.3 Å². The lowest BCUT2D eigenvalue weighted by molar-refractivity contribution is -0.143. The second kappa shape index (κ2) is 9.66. The van der Waals surface area contributed by atoms with Gasteiger partial charge in [-0.1, -0.05) is 64.3 Å². The first-order chi connectivity index (χ1) is 17.3. The molecule has 36 heavy (non-hydrogen) atoms. The number of amides is 3. The monoisotopic (exact) mass is 493 g/mol. The summed E-state index contributed by atoms with van der Waals surface area (Å²) in [5, 5.41) is 6.24. The van der Waals surface area contributed by atoms with Gasteiger partial charge in [-0.25, -0.2) is 0 Å². The minimum Gasteiger partial charge on any atom is -0.359 e. The number of carbonyl (C=O) groups excluding carboxylic acids is 3. The number of hydrogen-bond donors (Lipinski definition) is 2. The Hall–Kier alpha value is -2.67. The third kappa shape index (κ3) is 4.05. The summed E-state index contributed by atoms with van der Waals surface area (Å²) in [4.78, 5) is 42.9. The highest BCUT2D eigenvalue weighted by Crippen LogP contribution is 2.55. The summed E-state index contributed by atoms with van der Waals surface area (Å²) in [6.45, 7) is 8.24. The Morgan fingerprint density at radius 1 is 1.08 bits per heavy atom. The molecule has 3 heterocycles. The van der Waals surface area contributed by atoms with E-state index >= 15 is 0 Å². The second-order valence-corrected chi connectivity index (χ2v) is 11.3. The van der Waals surface area contributed by atoms with Crippen molar-refractivity contribution in [3.63, 3.8) is 0 Å². The van der Waals surface area contributed by atoms with Crippen LogP contribution in [0.3, 0.4) is 0 Å². The zero-order valence-corrected chi connectivity index (χ0v) is 21.8. The summed E-state index contributed by atoms with van der Waals surface area (Å²) in [7, 11) is 0. The number of fused-ring (bicyclic) bond motifs is 1. The molecular weight excluding hydrogens is 454 g/mol. The van der Waals surface area contributed by atoms with Gasteiger partial charge >= 0.3 is 0 Å². The van der Waals surface area contributed by atoms with Crippen LogP contribution in [0.4, 0.5) is 5.69 Å². The van der Waals surface area contributed by atoms with Gasteiger partial charge in [0.1, 0.15) is 11.6 Å². The van der Waals surface area contributed by atoms with Crippen molar-refractivity contribution in [1.82, 2.24) is 10.2 Å². The molecule has 1 saturated carbocycles. The van der Waals surface area contributed by atoms with Gasteiger partial charge in [0, 0.05) is 17.8 Å². The Balaban J connectivity index is 1.41. The number of ether oxygens (including phenoxy) is 1. The highest BCUT2D eigenvalue weighted by atomic mass is 16.5. The summed E-state index contributed by atoms with van der Waals surface area (Å²) in [5.41, 5.74) is 0.786. The van der Waals surface area contributed by atoms with E-state index in [1.54, 1.807) is 4.90 Å². The maximum absolute atomic E-state index is 13.9. The molecule has 2 saturated heterocycles. The van der Waals surface area contributed by atoms with E-state index in [0.717, 1.165) is 25.7 Å². The Bertz CT molecular complexity index is 1050. The zero-order valence-electron chi connectivity index (χ0n) is 21.8. The molecule has 1 spiro atoms. The zero-order chi connectivity index (χ0) is 25.6. The van der Waals surface area contributed by atoms with Crippen LogP contribution < -0.4 is 10.6 Å². The molecule has 1 aromatic carbocycles. The number of nitrogens with zero attached hydrogens (tertiary/aromatic N) is 1. The lowest BCUT2D eigenvalue weighted by Crippen LogP contribution is -2.58. The average Bonchev–Trinajstić information content (AvgIpc) is 3.51. The maximum atomic E-state index is 13.9. The van der Waals surface area contributed by atoms with Crippen molar-refractivity contribution in [2.75, 3.05) is 5.32 Å². The standard InChI is InChI=1S/C29H39N3O4/c1-5-18(4)32-25(27(34)31-20-9-7-6-8-10-20)29-16-15-22(36-29)23(24(29)28(32)35)26(33)30-21-13-11-19(12-14-21)17(2)3/h11-18,20,22-25H,5-10H2,1-4H3,(H,30,33)(H,31,34)/t18-,22+,23-,24+,25+,29-/m0/s1. The van der Waals surface area contributed by atoms with Crippen molar-refractivity contribution in [3.05, 3.63) is 42.0 Å². The number of benzene rings is 1. The Morgan fingerprint density at radius 3 is 2.42 bits per heavy atom. The van der Waals surface area contributed by atoms with E-state index in [2.05, 4.69) is 24.5 Å². The molecule has 0 unspecified atom stereocenters. The first-order valence-corrected chi connectivity index (χ1v) is 13.7. The number of carbonyl (C=O) groups is 3. The number of anilines is 1. The van der Waals surface area contributed by atoms with Gasteiger partial charge in [0.2, 0.25) is 17.7 Å². The van der Waals surface area contributed by atoms with E-state index in [-0.39, 0.29) is 29.8 Å². The van der Waals surface area contributed by atoms with Crippen LogP contribution in [-0.2, 0) is 19.1 Å². The highest BCUT2D eigenvalue weighted by molar-refractivity contribution is 6.02. The minimum atomic E-state index is -1.10. The quantitative estimate of drug-likeness (QED) is 0.559. The summed E-state index contributed by atoms with van der Waals surface area (Å²) in [5.74, 6) is -1.54. The van der Waals surface area contributed by atoms with Crippen molar-refractivity contribution in [2.24, 2.45) is 11.8 Å². The predicted octanol–water partition coefficient (Wildman–Crippen LogP) is 4.15. The van der Waals surface area contributed by atoms with E-state index < -0.39 is 29.6 Å². The summed E-state index contributed by atoms with van der Waals surface area (Å²) >= 11 is 0. The molecule has 1 aliphatic carbocycles. The van der Waals surface area contributed by atoms with E-state index in [4.69, 9.17) is 4.74 Å². The van der Waals surface area contributed by atoms with Crippen LogP contribution in [0.25, 0.3) is 0 Å². The molecule has 7 nitrogen and oxygen atoms in total. The summed E-state index contributed by atoms with van der Waals surface area (Å²) < 4.78 is 6.43. The van der Waals surface area contributed by atoms with E-state index in [1.807, 2.05) is 50.3 Å². The second-order valence-electron chi connectivity index (χ2n) is 11.3. The van der Waals surface area contributed by atoms with E-state index in [1.165, 1.54) is 12.0 Å². The third-order valence-electron chi connectivity index (χ3n) is 8.73. The van der Waals surface area contributed by atoms with Crippen molar-refractivity contribution in [2.45, 2.75) is 102 Å². The van der Waals surface area contributed by atoms with E-state index in [0.29, 0.717) is 18.0 Å². The first-order valence-electron chi connectivity index (χ1n) is 13.7. The maximum Gasteiger partial charge on any atom is 0.246 e. The van der Waals surface area contributed by atoms with Gasteiger partial charge in [0.05, 0.1) is 17.9 Å². The molecule has 7 heteroatoms. The number of hydrogen-bond acceptors (Lipinski definition) is 4. The van der Waals surface area contributed by atoms with Gasteiger partial charge in [-0.2, -0.15) is 0 Å². The number of likely N-dealkylation sites (tertiary alicyclic amines) is 1. The molecule has 3 fully saturated rings. The van der Waals surface area contributed by atoms with Crippen LogP contribution in [-0.4, -0.2) is 52.5 Å². The SMILES string of the molecule is CC[C@H](C)N1C(=O)[C@H]2[C@@H](C(=O)Nc3ccc(C(C)C)cc3)[C@H]3C=C[C@@]2(O3)[C@H]1C(=O)NC1CCCCC1. The molecule has 0 radical (unpaired) electrons. The molecule has 6 atom stereocenters. The van der Waals surface area contributed by atoms with Gasteiger partial charge in [0.25, 0.3) is 0 Å². The fourth-order valence-corrected chi connectivity index (χ4v) is 6.58. The normalized spacial score (nSPS) is 32.1. The molecule has 194 valence electrons. The van der Waals surface area contributed by atoms with Crippen molar-refractivity contribution < 1.29 is 19.1 Å². The molecular formula is C29H39N3O4. The molecule has 2 N–H and O–H groups in total. The summed E-state index contributed by atoms with van der Waals surface area (Å²) in [6, 6.07) is 7.04. The number of rotatable bonds is 7. The molecule has 4 aliphatic rings. The molecule has 0 aromatic heterocycles. The Kier molecular flexibility index (Phi) is 6.70. The summed E-state index contributed by atoms with van der Waals surface area (Å²) in [6.07, 6.45) is 9.30. The third-order valence-corrected chi connectivity index (χ3v) is 8.73. The Labute approximate surface area is 214 Å². The average molecular weight is 494 g/mol. The van der Waals surface area contributed by atoms with Crippen LogP contribution >= 0.6 is 0 Å². The van der Waals surface area contributed by atoms with Crippen molar-refractivity contribution in [3.8, 4) is 0 Å². The molecule has 1 aromatic rings. The fraction of sp³-hybridized carbons (Fsp3) is 0.621. The van der Waals surface area contributed by atoms with Crippen LogP contribution in [0.5, 0.6) is 0 Å². The van der Waals surface area contributed by atoms with Crippen LogP contribution in [0.2, 0.25) is 0 Å². The van der Waals surface area contributed by atoms with Gasteiger partial charge in [-0.05, 0) is 49.8 Å². The van der Waals surface area contributed by atoms with Crippen molar-refractivity contribution in [1.29, 1.82) is 0 Å². The first kappa shape index (κ1) is 25.0. The molecule has 5 rings (SSSR count). The van der Waals surface area contributed by atoms with Crippen LogP contribution in [0.15, 0.2) is 36.4 Å². The van der Waals surface area contributed by atoms with E-state index in [9.17, 15) is 14.4 Å². The fourth-order valence-electron chi connectivity index (χ4n) is 6.58. The van der Waals surface area contributed by atoms with Crippen molar-refractivity contribution >= 4 is 23.4 Å². The van der Waals surface area contributed by atoms with Gasteiger partial charge in [-0.15, -0.1) is 0 Å². The highest BCUT2D eigenvalue weighted by Gasteiger charge is 2.73. The van der Waals surface area contributed by atoms with Gasteiger partial charge in [0.15, 0.2) is 0 Å². The molecule has 3 aliphatic heterocycles. The largest absolute Gasteiger partial charge is 0.359 e. The van der Waals surface area contributed by atoms with Crippen LogP contribution in [0.1, 0.15) is 77.7 Å². The topological polar surface area (TPSA) is 87.7 Å². The lowest BCUT2D eigenvalue weighted by atomic mass is 9.74. The Morgan fingerprint density at radius 2 is 1.78 bits per heavy atom. The number of nitrogens with one attached hydrogen (secondary N) is 2. The van der Waals surface area contributed by atoms with Crippen LogP contribution in [0, 0.1) is 11.8 Å². The smallest absolute Gasteiger partial charge is 0.246 e. The lowest BCUT2D eigenvalue weighted by Gasteiger charge is -2.36. The minimum absolute atomic E-state index is 0.131. The van der Waals surface area contributed by atoms with Gasteiger partial charge in [-0.3, -0.25) is 14.4 Å².